The van der Waals surface area contributed by atoms with Crippen molar-refractivity contribution in [3.63, 3.8) is 0 Å². The van der Waals surface area contributed by atoms with Crippen LogP contribution in [0, 0.1) is 0 Å². The molecule has 0 bridgehead atoms. The lowest BCUT2D eigenvalue weighted by atomic mass is 10.4. The van der Waals surface area contributed by atoms with Crippen LogP contribution in [0.5, 0.6) is 0 Å². The number of hydrogen-bond acceptors (Lipinski definition) is 1. The Hall–Kier alpha value is -0.300. The quantitative estimate of drug-likeness (QED) is 0.409. The molecule has 0 fully saturated rings. The molecule has 0 aliphatic heterocycles. The third-order valence-electron chi connectivity index (χ3n) is 1.26. The first kappa shape index (κ1) is 9.70. The minimum atomic E-state index is 0.786. The molecule has 0 unspecified atom stereocenters. The van der Waals surface area contributed by atoms with Crippen molar-refractivity contribution < 1.29 is 4.74 Å². The molecule has 0 aliphatic carbocycles. The minimum absolute atomic E-state index is 0.786. The molecule has 0 aromatic carbocycles. The Balaban J connectivity index is 2.83. The van der Waals surface area contributed by atoms with Gasteiger partial charge in [-0.2, -0.15) is 0 Å². The van der Waals surface area contributed by atoms with Crippen molar-refractivity contribution in [1.29, 1.82) is 0 Å². The van der Waals surface area contributed by atoms with Gasteiger partial charge >= 0.3 is 0 Å². The van der Waals surface area contributed by atoms with Crippen LogP contribution >= 0.6 is 0 Å². The summed E-state index contributed by atoms with van der Waals surface area (Å²) in [5.74, 6) is 0. The summed E-state index contributed by atoms with van der Waals surface area (Å²) in [6.45, 7) is 5.99. The van der Waals surface area contributed by atoms with Crippen molar-refractivity contribution in [3.8, 4) is 0 Å². The van der Waals surface area contributed by atoms with Crippen LogP contribution in [0.2, 0.25) is 0 Å². The monoisotopic (exact) mass is 142 g/mol. The summed E-state index contributed by atoms with van der Waals surface area (Å²) in [7, 11) is 0. The highest BCUT2D eigenvalue weighted by molar-refractivity contribution is 4.79. The maximum Gasteiger partial charge on any atom is 0.0647 e. The van der Waals surface area contributed by atoms with Gasteiger partial charge in [-0.25, -0.2) is 0 Å². The Morgan fingerprint density at radius 3 is 2.60 bits per heavy atom. The molecule has 0 radical (unpaired) electrons. The Bertz CT molecular complexity index is 76.8. The molecule has 60 valence electrons. The molecule has 0 aliphatic rings. The van der Waals surface area contributed by atoms with Gasteiger partial charge in [-0.05, 0) is 12.8 Å². The van der Waals surface area contributed by atoms with Crippen LogP contribution in [-0.4, -0.2) is 13.2 Å². The Morgan fingerprint density at radius 1 is 1.20 bits per heavy atom. The molecule has 0 aromatic heterocycles. The van der Waals surface area contributed by atoms with Gasteiger partial charge in [0, 0.05) is 6.61 Å². The standard InChI is InChI=1S/C9H18O/c1-3-5-7-9-10-8-6-4-2/h5,7H,3-4,6,8-9H2,1-2H3/b7-5+. The molecule has 0 atom stereocenters. The maximum absolute atomic E-state index is 5.29. The SMILES string of the molecule is CC/C=C/COCCCC. The van der Waals surface area contributed by atoms with E-state index in [-0.39, 0.29) is 0 Å². The second-order valence-corrected chi connectivity index (χ2v) is 2.31. The number of rotatable bonds is 6. The lowest BCUT2D eigenvalue weighted by Crippen LogP contribution is -1.92. The maximum atomic E-state index is 5.29. The highest BCUT2D eigenvalue weighted by Crippen LogP contribution is 1.88. The smallest absolute Gasteiger partial charge is 0.0647 e. The van der Waals surface area contributed by atoms with Crippen molar-refractivity contribution in [1.82, 2.24) is 0 Å². The van der Waals surface area contributed by atoms with E-state index in [4.69, 9.17) is 4.74 Å². The van der Waals surface area contributed by atoms with Crippen molar-refractivity contribution in [3.05, 3.63) is 12.2 Å². The lowest BCUT2D eigenvalue weighted by Gasteiger charge is -1.96. The van der Waals surface area contributed by atoms with E-state index in [9.17, 15) is 0 Å². The third-order valence-corrected chi connectivity index (χ3v) is 1.26. The number of unbranched alkanes of at least 4 members (excludes halogenated alkanes) is 1. The third kappa shape index (κ3) is 7.70. The summed E-state index contributed by atoms with van der Waals surface area (Å²) in [6, 6.07) is 0. The van der Waals surface area contributed by atoms with Crippen molar-refractivity contribution >= 4 is 0 Å². The van der Waals surface area contributed by atoms with Gasteiger partial charge in [-0.3, -0.25) is 0 Å². The van der Waals surface area contributed by atoms with Crippen LogP contribution < -0.4 is 0 Å². The normalized spacial score (nSPS) is 11.0. The van der Waals surface area contributed by atoms with Gasteiger partial charge in [0.15, 0.2) is 0 Å². The van der Waals surface area contributed by atoms with E-state index in [0.29, 0.717) is 0 Å². The molecule has 0 saturated carbocycles. The average molecular weight is 142 g/mol. The van der Waals surface area contributed by atoms with E-state index in [1.54, 1.807) is 0 Å². The van der Waals surface area contributed by atoms with Crippen LogP contribution in [0.4, 0.5) is 0 Å². The second kappa shape index (κ2) is 8.70. The summed E-state index contributed by atoms with van der Waals surface area (Å²) in [5.41, 5.74) is 0. The van der Waals surface area contributed by atoms with Crippen LogP contribution in [-0.2, 0) is 4.74 Å². The highest BCUT2D eigenvalue weighted by atomic mass is 16.5. The van der Waals surface area contributed by atoms with E-state index in [1.165, 1.54) is 12.8 Å². The first-order chi connectivity index (χ1) is 4.91. The molecular formula is C9H18O. The largest absolute Gasteiger partial charge is 0.377 e. The van der Waals surface area contributed by atoms with Gasteiger partial charge in [-0.15, -0.1) is 0 Å². The second-order valence-electron chi connectivity index (χ2n) is 2.31. The zero-order valence-corrected chi connectivity index (χ0v) is 7.10. The van der Waals surface area contributed by atoms with Crippen molar-refractivity contribution in [2.24, 2.45) is 0 Å². The van der Waals surface area contributed by atoms with E-state index < -0.39 is 0 Å². The highest BCUT2D eigenvalue weighted by Gasteiger charge is 1.81. The van der Waals surface area contributed by atoms with E-state index in [0.717, 1.165) is 19.6 Å². The molecule has 10 heavy (non-hydrogen) atoms. The van der Waals surface area contributed by atoms with Crippen LogP contribution in [0.25, 0.3) is 0 Å². The van der Waals surface area contributed by atoms with E-state index in [2.05, 4.69) is 26.0 Å². The van der Waals surface area contributed by atoms with Gasteiger partial charge in [0.2, 0.25) is 0 Å². The van der Waals surface area contributed by atoms with E-state index in [1.807, 2.05) is 0 Å². The van der Waals surface area contributed by atoms with Gasteiger partial charge in [-0.1, -0.05) is 32.4 Å². The zero-order valence-electron chi connectivity index (χ0n) is 7.10. The Morgan fingerprint density at radius 2 is 2.00 bits per heavy atom. The fourth-order valence-corrected chi connectivity index (χ4v) is 0.632. The van der Waals surface area contributed by atoms with Gasteiger partial charge in [0.1, 0.15) is 0 Å². The predicted molar refractivity (Wildman–Crippen MR) is 45.2 cm³/mol. The van der Waals surface area contributed by atoms with Crippen LogP contribution in [0.15, 0.2) is 12.2 Å². The van der Waals surface area contributed by atoms with E-state index >= 15 is 0 Å². The molecule has 0 saturated heterocycles. The fraction of sp³-hybridized carbons (Fsp3) is 0.778. The fourth-order valence-electron chi connectivity index (χ4n) is 0.632. The molecule has 0 amide bonds. The summed E-state index contributed by atoms with van der Waals surface area (Å²) in [5, 5.41) is 0. The van der Waals surface area contributed by atoms with Gasteiger partial charge < -0.3 is 4.74 Å². The number of hydrogen-bond donors (Lipinski definition) is 0. The first-order valence-corrected chi connectivity index (χ1v) is 4.14. The average Bonchev–Trinajstić information content (AvgIpc) is 1.97. The molecule has 1 nitrogen and oxygen atoms in total. The molecule has 0 heterocycles. The summed E-state index contributed by atoms with van der Waals surface area (Å²) in [6.07, 6.45) is 7.72. The number of ether oxygens (including phenoxy) is 1. The van der Waals surface area contributed by atoms with Crippen LogP contribution in [0.1, 0.15) is 33.1 Å². The molecule has 1 heteroatoms. The zero-order chi connectivity index (χ0) is 7.66. The lowest BCUT2D eigenvalue weighted by molar-refractivity contribution is 0.159. The summed E-state index contributed by atoms with van der Waals surface area (Å²) >= 11 is 0. The van der Waals surface area contributed by atoms with Crippen molar-refractivity contribution in [2.45, 2.75) is 33.1 Å². The van der Waals surface area contributed by atoms with Crippen LogP contribution in [0.3, 0.4) is 0 Å². The van der Waals surface area contributed by atoms with Gasteiger partial charge in [0.25, 0.3) is 0 Å². The topological polar surface area (TPSA) is 9.23 Å². The minimum Gasteiger partial charge on any atom is -0.377 e. The molecule has 0 spiro atoms. The summed E-state index contributed by atoms with van der Waals surface area (Å²) in [4.78, 5) is 0. The summed E-state index contributed by atoms with van der Waals surface area (Å²) < 4.78 is 5.29. The molecule has 0 aromatic rings. The molecular weight excluding hydrogens is 124 g/mol. The predicted octanol–water partition coefficient (Wildman–Crippen LogP) is 2.77. The molecule has 0 rings (SSSR count). The Kier molecular flexibility index (Phi) is 8.44. The Labute approximate surface area is 64.1 Å². The number of allylic oxidation sites excluding steroid dienone is 1. The molecule has 0 N–H and O–H groups in total. The van der Waals surface area contributed by atoms with Gasteiger partial charge in [0.05, 0.1) is 6.61 Å². The first-order valence-electron chi connectivity index (χ1n) is 4.14. The van der Waals surface area contributed by atoms with Crippen molar-refractivity contribution in [2.75, 3.05) is 13.2 Å².